The molecule has 20 heavy (non-hydrogen) atoms. The molecule has 2 heterocycles. The molecular weight excluding hydrogens is 272 g/mol. The topological polar surface area (TPSA) is 41.1 Å². The smallest absolute Gasteiger partial charge is 0.145 e. The number of ketones is 1. The molecule has 1 unspecified atom stereocenters. The predicted octanol–water partition coefficient (Wildman–Crippen LogP) is 2.21. The summed E-state index contributed by atoms with van der Waals surface area (Å²) < 4.78 is 0. The van der Waals surface area contributed by atoms with Crippen LogP contribution in [0.1, 0.15) is 24.8 Å². The fourth-order valence-corrected chi connectivity index (χ4v) is 3.74. The van der Waals surface area contributed by atoms with Crippen molar-refractivity contribution in [3.05, 3.63) is 34.9 Å². The molecule has 0 saturated carbocycles. The van der Waals surface area contributed by atoms with Crippen LogP contribution < -0.4 is 10.6 Å². The highest BCUT2D eigenvalue weighted by atomic mass is 35.5. The molecule has 0 radical (unpaired) electrons. The number of carbonyl (C=O) groups is 1. The van der Waals surface area contributed by atoms with Crippen LogP contribution in [0, 0.1) is 11.3 Å². The third kappa shape index (κ3) is 2.39. The Kier molecular flexibility index (Phi) is 3.85. The Morgan fingerprint density at radius 2 is 2.00 bits per heavy atom. The summed E-state index contributed by atoms with van der Waals surface area (Å²) in [6, 6.07) is 7.94. The Morgan fingerprint density at radius 1 is 1.25 bits per heavy atom. The molecule has 2 N–H and O–H groups in total. The number of halogens is 1. The van der Waals surface area contributed by atoms with Gasteiger partial charge in [0.2, 0.25) is 0 Å². The predicted molar refractivity (Wildman–Crippen MR) is 81.2 cm³/mol. The number of nitrogens with one attached hydrogen (secondary N) is 2. The average molecular weight is 293 g/mol. The van der Waals surface area contributed by atoms with E-state index < -0.39 is 0 Å². The first kappa shape index (κ1) is 14.1. The van der Waals surface area contributed by atoms with Crippen LogP contribution in [0.3, 0.4) is 0 Å². The molecule has 4 heteroatoms. The van der Waals surface area contributed by atoms with Crippen LogP contribution in [0.25, 0.3) is 0 Å². The van der Waals surface area contributed by atoms with E-state index in [0.29, 0.717) is 5.78 Å². The summed E-state index contributed by atoms with van der Waals surface area (Å²) >= 11 is 5.96. The molecular formula is C16H21ClN2O. The van der Waals surface area contributed by atoms with Crippen LogP contribution in [-0.4, -0.2) is 32.0 Å². The Hall–Kier alpha value is -0.900. The first-order chi connectivity index (χ1) is 9.61. The lowest BCUT2D eigenvalue weighted by Crippen LogP contribution is -2.39. The maximum atomic E-state index is 12.9. The summed E-state index contributed by atoms with van der Waals surface area (Å²) in [7, 11) is 0. The van der Waals surface area contributed by atoms with E-state index in [9.17, 15) is 4.79 Å². The van der Waals surface area contributed by atoms with Crippen molar-refractivity contribution in [2.75, 3.05) is 26.2 Å². The first-order valence-corrected chi connectivity index (χ1v) is 7.70. The molecule has 0 amide bonds. The van der Waals surface area contributed by atoms with Crippen LogP contribution in [0.15, 0.2) is 24.3 Å². The van der Waals surface area contributed by atoms with Gasteiger partial charge in [0.1, 0.15) is 5.78 Å². The standard InChI is InChI=1S/C16H21ClN2O/c1-16(15(20)12-6-7-18-8-12)10-19-9-14(16)11-2-4-13(17)5-3-11/h2-5,12,14,18-19H,6-10H2,1H3/t12?,14-,16-/m1/s1. The summed E-state index contributed by atoms with van der Waals surface area (Å²) in [5.41, 5.74) is 0.908. The second kappa shape index (κ2) is 5.47. The van der Waals surface area contributed by atoms with Crippen LogP contribution >= 0.6 is 11.6 Å². The van der Waals surface area contributed by atoms with Crippen LogP contribution in [-0.2, 0) is 4.79 Å². The van der Waals surface area contributed by atoms with E-state index in [1.807, 2.05) is 12.1 Å². The van der Waals surface area contributed by atoms with Crippen molar-refractivity contribution < 1.29 is 4.79 Å². The SMILES string of the molecule is C[C@@]1(C(=O)C2CCNC2)CNC[C@@H]1c1ccc(Cl)cc1. The quantitative estimate of drug-likeness (QED) is 0.897. The zero-order valence-electron chi connectivity index (χ0n) is 11.8. The third-order valence-electron chi connectivity index (χ3n) is 4.88. The maximum Gasteiger partial charge on any atom is 0.145 e. The largest absolute Gasteiger partial charge is 0.316 e. The van der Waals surface area contributed by atoms with Gasteiger partial charge < -0.3 is 10.6 Å². The van der Waals surface area contributed by atoms with Gasteiger partial charge in [-0.2, -0.15) is 0 Å². The van der Waals surface area contributed by atoms with Crippen LogP contribution in [0.5, 0.6) is 0 Å². The Morgan fingerprint density at radius 3 is 2.65 bits per heavy atom. The van der Waals surface area contributed by atoms with E-state index in [1.54, 1.807) is 0 Å². The highest BCUT2D eigenvalue weighted by Gasteiger charge is 2.47. The van der Waals surface area contributed by atoms with E-state index >= 15 is 0 Å². The summed E-state index contributed by atoms with van der Waals surface area (Å²) in [6.07, 6.45) is 0.974. The second-order valence-electron chi connectivity index (χ2n) is 6.21. The van der Waals surface area contributed by atoms with E-state index in [-0.39, 0.29) is 17.3 Å². The van der Waals surface area contributed by atoms with Gasteiger partial charge in [-0.25, -0.2) is 0 Å². The molecule has 0 spiro atoms. The Labute approximate surface area is 125 Å². The van der Waals surface area contributed by atoms with Gasteiger partial charge in [0.15, 0.2) is 0 Å². The number of hydrogen-bond acceptors (Lipinski definition) is 3. The fraction of sp³-hybridized carbons (Fsp3) is 0.562. The van der Waals surface area contributed by atoms with Crippen LogP contribution in [0.4, 0.5) is 0 Å². The van der Waals surface area contributed by atoms with Crippen molar-refractivity contribution >= 4 is 17.4 Å². The van der Waals surface area contributed by atoms with Gasteiger partial charge in [-0.1, -0.05) is 30.7 Å². The fourth-order valence-electron chi connectivity index (χ4n) is 3.61. The lowest BCUT2D eigenvalue weighted by Gasteiger charge is -2.31. The van der Waals surface area contributed by atoms with Gasteiger partial charge >= 0.3 is 0 Å². The van der Waals surface area contributed by atoms with Crippen molar-refractivity contribution in [3.8, 4) is 0 Å². The number of carbonyl (C=O) groups excluding carboxylic acids is 1. The molecule has 108 valence electrons. The average Bonchev–Trinajstić information content (AvgIpc) is 3.09. The first-order valence-electron chi connectivity index (χ1n) is 7.32. The van der Waals surface area contributed by atoms with Gasteiger partial charge in [0.25, 0.3) is 0 Å². The van der Waals surface area contributed by atoms with E-state index in [2.05, 4.69) is 29.7 Å². The van der Waals surface area contributed by atoms with Gasteiger partial charge in [-0.05, 0) is 30.7 Å². The lowest BCUT2D eigenvalue weighted by molar-refractivity contribution is -0.131. The van der Waals surface area contributed by atoms with Gasteiger partial charge in [0, 0.05) is 41.9 Å². The van der Waals surface area contributed by atoms with Gasteiger partial charge in [-0.15, -0.1) is 0 Å². The van der Waals surface area contributed by atoms with E-state index in [4.69, 9.17) is 11.6 Å². The van der Waals surface area contributed by atoms with E-state index in [1.165, 1.54) is 5.56 Å². The summed E-state index contributed by atoms with van der Waals surface area (Å²) in [5.74, 6) is 0.829. The molecule has 1 aromatic rings. The van der Waals surface area contributed by atoms with Crippen molar-refractivity contribution in [2.45, 2.75) is 19.3 Å². The normalized spacial score (nSPS) is 33.5. The van der Waals surface area contributed by atoms with E-state index in [0.717, 1.165) is 37.6 Å². The van der Waals surface area contributed by atoms with Crippen molar-refractivity contribution in [1.82, 2.24) is 10.6 Å². The van der Waals surface area contributed by atoms with Crippen molar-refractivity contribution in [1.29, 1.82) is 0 Å². The number of benzene rings is 1. The number of Topliss-reactive ketones (excluding diaryl/α,β-unsaturated/α-hetero) is 1. The molecule has 3 nitrogen and oxygen atoms in total. The minimum Gasteiger partial charge on any atom is -0.316 e. The maximum absolute atomic E-state index is 12.9. The van der Waals surface area contributed by atoms with Gasteiger partial charge in [-0.3, -0.25) is 4.79 Å². The summed E-state index contributed by atoms with van der Waals surface area (Å²) in [4.78, 5) is 12.9. The number of hydrogen-bond donors (Lipinski definition) is 2. The molecule has 0 aliphatic carbocycles. The molecule has 3 atom stereocenters. The zero-order valence-corrected chi connectivity index (χ0v) is 12.5. The summed E-state index contributed by atoms with van der Waals surface area (Å²) in [6.45, 7) is 5.56. The van der Waals surface area contributed by atoms with Crippen molar-refractivity contribution in [2.24, 2.45) is 11.3 Å². The Balaban J connectivity index is 1.86. The molecule has 2 saturated heterocycles. The molecule has 2 aliphatic heterocycles. The molecule has 0 aromatic heterocycles. The lowest BCUT2D eigenvalue weighted by atomic mass is 9.69. The second-order valence-corrected chi connectivity index (χ2v) is 6.64. The minimum absolute atomic E-state index is 0.176. The van der Waals surface area contributed by atoms with Crippen molar-refractivity contribution in [3.63, 3.8) is 0 Å². The zero-order chi connectivity index (χ0) is 14.2. The highest BCUT2D eigenvalue weighted by Crippen LogP contribution is 2.42. The molecule has 2 fully saturated rings. The Bertz CT molecular complexity index is 496. The summed E-state index contributed by atoms with van der Waals surface area (Å²) in [5, 5.41) is 7.45. The van der Waals surface area contributed by atoms with Crippen LogP contribution in [0.2, 0.25) is 5.02 Å². The monoisotopic (exact) mass is 292 g/mol. The molecule has 2 aliphatic rings. The number of rotatable bonds is 3. The minimum atomic E-state index is -0.301. The molecule has 3 rings (SSSR count). The van der Waals surface area contributed by atoms with Gasteiger partial charge in [0.05, 0.1) is 0 Å². The highest BCUT2D eigenvalue weighted by molar-refractivity contribution is 6.30. The molecule has 1 aromatic carbocycles. The molecule has 0 bridgehead atoms. The third-order valence-corrected chi connectivity index (χ3v) is 5.13.